The zero-order valence-corrected chi connectivity index (χ0v) is 11.9. The fraction of sp³-hybridized carbons (Fsp3) is 0.500. The van der Waals surface area contributed by atoms with Gasteiger partial charge in [-0.2, -0.15) is 11.8 Å². The van der Waals surface area contributed by atoms with E-state index in [-0.39, 0.29) is 5.91 Å². The molecule has 0 aromatic heterocycles. The quantitative estimate of drug-likeness (QED) is 0.916. The highest BCUT2D eigenvalue weighted by Gasteiger charge is 2.17. The first-order chi connectivity index (χ1) is 8.75. The second-order valence-corrected chi connectivity index (χ2v) is 6.21. The second kappa shape index (κ2) is 7.05. The van der Waals surface area contributed by atoms with Gasteiger partial charge in [-0.3, -0.25) is 4.79 Å². The molecule has 0 spiro atoms. The predicted molar refractivity (Wildman–Crippen MR) is 78.0 cm³/mol. The largest absolute Gasteiger partial charge is 0.352 e. The van der Waals surface area contributed by atoms with Crippen LogP contribution in [-0.2, 0) is 11.3 Å². The summed E-state index contributed by atoms with van der Waals surface area (Å²) in [4.78, 5) is 11.8. The highest BCUT2D eigenvalue weighted by atomic mass is 35.5. The van der Waals surface area contributed by atoms with Crippen LogP contribution in [0.3, 0.4) is 0 Å². The van der Waals surface area contributed by atoms with Gasteiger partial charge in [-0.1, -0.05) is 29.8 Å². The van der Waals surface area contributed by atoms with Gasteiger partial charge in [-0.25, -0.2) is 0 Å². The molecule has 1 amide bonds. The molecule has 1 heterocycles. The van der Waals surface area contributed by atoms with Gasteiger partial charge in [0.15, 0.2) is 0 Å². The average Bonchev–Trinajstić information content (AvgIpc) is 2.39. The zero-order valence-electron chi connectivity index (χ0n) is 10.3. The third kappa shape index (κ3) is 4.21. The molecule has 1 unspecified atom stereocenters. The lowest BCUT2D eigenvalue weighted by Crippen LogP contribution is -2.26. The van der Waals surface area contributed by atoms with Crippen molar-refractivity contribution in [1.29, 1.82) is 0 Å². The van der Waals surface area contributed by atoms with E-state index < -0.39 is 0 Å². The molecule has 0 bridgehead atoms. The SMILES string of the molecule is O=C(CC1CCCSC1)NCc1ccccc1Cl. The van der Waals surface area contributed by atoms with E-state index in [2.05, 4.69) is 5.32 Å². The lowest BCUT2D eigenvalue weighted by molar-refractivity contribution is -0.122. The summed E-state index contributed by atoms with van der Waals surface area (Å²) >= 11 is 8.01. The molecule has 1 atom stereocenters. The topological polar surface area (TPSA) is 29.1 Å². The monoisotopic (exact) mass is 283 g/mol. The van der Waals surface area contributed by atoms with Crippen molar-refractivity contribution >= 4 is 29.3 Å². The van der Waals surface area contributed by atoms with Crippen LogP contribution in [0.4, 0.5) is 0 Å². The van der Waals surface area contributed by atoms with Crippen LogP contribution in [0.2, 0.25) is 5.02 Å². The molecule has 18 heavy (non-hydrogen) atoms. The minimum atomic E-state index is 0.141. The third-order valence-electron chi connectivity index (χ3n) is 3.16. The Morgan fingerprint density at radius 2 is 2.28 bits per heavy atom. The van der Waals surface area contributed by atoms with Gasteiger partial charge in [-0.05, 0) is 41.9 Å². The van der Waals surface area contributed by atoms with E-state index in [0.717, 1.165) is 11.3 Å². The van der Waals surface area contributed by atoms with Crippen molar-refractivity contribution < 1.29 is 4.79 Å². The number of halogens is 1. The van der Waals surface area contributed by atoms with Crippen LogP contribution < -0.4 is 5.32 Å². The van der Waals surface area contributed by atoms with Crippen LogP contribution in [-0.4, -0.2) is 17.4 Å². The fourth-order valence-electron chi connectivity index (χ4n) is 2.14. The van der Waals surface area contributed by atoms with Gasteiger partial charge in [0.1, 0.15) is 0 Å². The van der Waals surface area contributed by atoms with Gasteiger partial charge in [0.25, 0.3) is 0 Å². The van der Waals surface area contributed by atoms with Crippen molar-refractivity contribution in [2.45, 2.75) is 25.8 Å². The smallest absolute Gasteiger partial charge is 0.220 e. The molecule has 4 heteroatoms. The van der Waals surface area contributed by atoms with Gasteiger partial charge >= 0.3 is 0 Å². The summed E-state index contributed by atoms with van der Waals surface area (Å²) in [5.41, 5.74) is 0.977. The first-order valence-corrected chi connectivity index (χ1v) is 7.87. The number of hydrogen-bond donors (Lipinski definition) is 1. The van der Waals surface area contributed by atoms with Crippen LogP contribution in [0, 0.1) is 5.92 Å². The Kier molecular flexibility index (Phi) is 5.39. The summed E-state index contributed by atoms with van der Waals surface area (Å²) in [5, 5.41) is 3.67. The Bertz CT molecular complexity index is 405. The summed E-state index contributed by atoms with van der Waals surface area (Å²) in [5.74, 6) is 3.06. The normalized spacial score (nSPS) is 19.5. The Hall–Kier alpha value is -0.670. The van der Waals surface area contributed by atoms with E-state index in [9.17, 15) is 4.79 Å². The van der Waals surface area contributed by atoms with E-state index in [1.807, 2.05) is 36.0 Å². The number of rotatable bonds is 4. The molecule has 1 fully saturated rings. The van der Waals surface area contributed by atoms with Crippen molar-refractivity contribution in [2.75, 3.05) is 11.5 Å². The summed E-state index contributed by atoms with van der Waals surface area (Å²) in [6.07, 6.45) is 3.08. The molecule has 1 aromatic rings. The van der Waals surface area contributed by atoms with Gasteiger partial charge in [-0.15, -0.1) is 0 Å². The summed E-state index contributed by atoms with van der Waals surface area (Å²) in [6.45, 7) is 0.526. The minimum absolute atomic E-state index is 0.141. The first-order valence-electron chi connectivity index (χ1n) is 6.33. The van der Waals surface area contributed by atoms with Crippen molar-refractivity contribution in [1.82, 2.24) is 5.32 Å². The lowest BCUT2D eigenvalue weighted by atomic mass is 10.0. The lowest BCUT2D eigenvalue weighted by Gasteiger charge is -2.20. The van der Waals surface area contributed by atoms with Crippen LogP contribution >= 0.6 is 23.4 Å². The molecule has 2 rings (SSSR count). The molecule has 1 aliphatic rings. The molecule has 1 aromatic carbocycles. The van der Waals surface area contributed by atoms with E-state index in [0.29, 0.717) is 23.9 Å². The summed E-state index contributed by atoms with van der Waals surface area (Å²) in [6, 6.07) is 7.62. The number of amides is 1. The van der Waals surface area contributed by atoms with E-state index in [4.69, 9.17) is 11.6 Å². The highest BCUT2D eigenvalue weighted by molar-refractivity contribution is 7.99. The summed E-state index contributed by atoms with van der Waals surface area (Å²) < 4.78 is 0. The molecular weight excluding hydrogens is 266 g/mol. The number of thioether (sulfide) groups is 1. The Morgan fingerprint density at radius 1 is 1.44 bits per heavy atom. The maximum absolute atomic E-state index is 11.8. The number of carbonyl (C=O) groups excluding carboxylic acids is 1. The molecule has 98 valence electrons. The molecular formula is C14H18ClNOS. The first kappa shape index (κ1) is 13.8. The number of nitrogens with one attached hydrogen (secondary N) is 1. The average molecular weight is 284 g/mol. The van der Waals surface area contributed by atoms with E-state index >= 15 is 0 Å². The van der Waals surface area contributed by atoms with Crippen molar-refractivity contribution in [3.63, 3.8) is 0 Å². The van der Waals surface area contributed by atoms with Crippen LogP contribution in [0.1, 0.15) is 24.8 Å². The van der Waals surface area contributed by atoms with E-state index in [1.165, 1.54) is 18.6 Å². The maximum atomic E-state index is 11.8. The number of hydrogen-bond acceptors (Lipinski definition) is 2. The predicted octanol–water partition coefficient (Wildman–Crippen LogP) is 3.49. The Balaban J connectivity index is 1.76. The van der Waals surface area contributed by atoms with Crippen LogP contribution in [0.15, 0.2) is 24.3 Å². The Morgan fingerprint density at radius 3 is 3.00 bits per heavy atom. The summed E-state index contributed by atoms with van der Waals surface area (Å²) in [7, 11) is 0. The van der Waals surface area contributed by atoms with Gasteiger partial charge in [0.2, 0.25) is 5.91 Å². The van der Waals surface area contributed by atoms with Gasteiger partial charge < -0.3 is 5.32 Å². The molecule has 1 N–H and O–H groups in total. The molecule has 1 aliphatic heterocycles. The van der Waals surface area contributed by atoms with Crippen molar-refractivity contribution in [3.8, 4) is 0 Å². The molecule has 1 saturated heterocycles. The number of carbonyl (C=O) groups is 1. The second-order valence-electron chi connectivity index (χ2n) is 4.66. The molecule has 2 nitrogen and oxygen atoms in total. The van der Waals surface area contributed by atoms with Gasteiger partial charge in [0.05, 0.1) is 0 Å². The maximum Gasteiger partial charge on any atom is 0.220 e. The number of benzene rings is 1. The van der Waals surface area contributed by atoms with Crippen molar-refractivity contribution in [3.05, 3.63) is 34.9 Å². The third-order valence-corrected chi connectivity index (χ3v) is 4.82. The highest BCUT2D eigenvalue weighted by Crippen LogP contribution is 2.25. The molecule has 0 aliphatic carbocycles. The molecule has 0 saturated carbocycles. The standard InChI is InChI=1S/C14H18ClNOS/c15-13-6-2-1-5-12(13)9-16-14(17)8-11-4-3-7-18-10-11/h1-2,5-6,11H,3-4,7-10H2,(H,16,17). The van der Waals surface area contributed by atoms with Crippen molar-refractivity contribution in [2.24, 2.45) is 5.92 Å². The van der Waals surface area contributed by atoms with Crippen LogP contribution in [0.25, 0.3) is 0 Å². The molecule has 0 radical (unpaired) electrons. The minimum Gasteiger partial charge on any atom is -0.352 e. The van der Waals surface area contributed by atoms with Crippen LogP contribution in [0.5, 0.6) is 0 Å². The fourth-order valence-corrected chi connectivity index (χ4v) is 3.50. The Labute approximate surface area is 117 Å². The van der Waals surface area contributed by atoms with Gasteiger partial charge in [0, 0.05) is 18.0 Å². The zero-order chi connectivity index (χ0) is 12.8. The van der Waals surface area contributed by atoms with E-state index in [1.54, 1.807) is 0 Å².